The summed E-state index contributed by atoms with van der Waals surface area (Å²) < 4.78 is 0. The second-order valence-electron chi connectivity index (χ2n) is 9.52. The van der Waals surface area contributed by atoms with Crippen molar-refractivity contribution >= 4 is 35.1 Å². The Kier molecular flexibility index (Phi) is 8.54. The van der Waals surface area contributed by atoms with Gasteiger partial charge in [0.1, 0.15) is 5.69 Å². The SMILES string of the molecule is C=C/C=C(/c1ccsc1)c1cc(-c2n[nH]/c(=C/C=C(\C)c3cncc(CCCN(C)C)c3)c2=C)[nH]c1C. The van der Waals surface area contributed by atoms with E-state index in [0.29, 0.717) is 0 Å². The standard InChI is InChI=1S/C31H35N5S/c1-7-9-27(25-13-15-37-20-25)28-17-30(33-23(28)4)31-22(3)29(34-35-31)12-11-21(2)26-16-24(18-32-19-26)10-8-14-36(5)6/h7,9,11-13,15-20,33-34H,1,3,8,10,14H2,2,4-6H3/b21-11+,27-9-,29-12+. The Morgan fingerprint density at radius 1 is 1.16 bits per heavy atom. The summed E-state index contributed by atoms with van der Waals surface area (Å²) in [7, 11) is 4.21. The van der Waals surface area contributed by atoms with E-state index in [0.717, 1.165) is 69.3 Å². The maximum absolute atomic E-state index is 4.59. The van der Waals surface area contributed by atoms with Crippen molar-refractivity contribution in [2.45, 2.75) is 26.7 Å². The number of aromatic nitrogens is 4. The van der Waals surface area contributed by atoms with Gasteiger partial charge in [-0.15, -0.1) is 0 Å². The summed E-state index contributed by atoms with van der Waals surface area (Å²) in [6.45, 7) is 13.5. The smallest absolute Gasteiger partial charge is 0.116 e. The zero-order chi connectivity index (χ0) is 26.4. The van der Waals surface area contributed by atoms with Gasteiger partial charge in [0.25, 0.3) is 0 Å². The fourth-order valence-electron chi connectivity index (χ4n) is 4.33. The molecule has 0 spiro atoms. The first-order valence-electron chi connectivity index (χ1n) is 12.4. The summed E-state index contributed by atoms with van der Waals surface area (Å²) in [6, 6.07) is 6.51. The van der Waals surface area contributed by atoms with E-state index in [1.54, 1.807) is 11.3 Å². The van der Waals surface area contributed by atoms with Gasteiger partial charge >= 0.3 is 0 Å². The molecule has 0 bridgehead atoms. The lowest BCUT2D eigenvalue weighted by Gasteiger charge is -2.09. The maximum Gasteiger partial charge on any atom is 0.116 e. The molecule has 190 valence electrons. The number of aryl methyl sites for hydroxylation is 2. The lowest BCUT2D eigenvalue weighted by atomic mass is 10.00. The molecule has 4 aromatic rings. The zero-order valence-corrected chi connectivity index (χ0v) is 23.0. The molecule has 5 nitrogen and oxygen atoms in total. The highest BCUT2D eigenvalue weighted by Gasteiger charge is 2.14. The van der Waals surface area contributed by atoms with Crippen molar-refractivity contribution in [3.05, 3.63) is 105 Å². The first kappa shape index (κ1) is 26.3. The molecule has 0 aliphatic carbocycles. The summed E-state index contributed by atoms with van der Waals surface area (Å²) >= 11 is 1.69. The van der Waals surface area contributed by atoms with Crippen LogP contribution in [0.25, 0.3) is 35.2 Å². The van der Waals surface area contributed by atoms with Crippen LogP contribution in [0.4, 0.5) is 0 Å². The van der Waals surface area contributed by atoms with Gasteiger partial charge in [0.2, 0.25) is 0 Å². The third kappa shape index (κ3) is 6.34. The molecule has 0 aliphatic rings. The number of pyridine rings is 1. The lowest BCUT2D eigenvalue weighted by Crippen LogP contribution is -2.21. The molecular formula is C31H35N5S. The molecule has 6 heteroatoms. The van der Waals surface area contributed by atoms with E-state index in [4.69, 9.17) is 0 Å². The molecule has 4 aromatic heterocycles. The molecular weight excluding hydrogens is 474 g/mol. The van der Waals surface area contributed by atoms with Crippen LogP contribution in [0.1, 0.15) is 41.3 Å². The molecule has 0 aromatic carbocycles. The first-order chi connectivity index (χ1) is 17.9. The van der Waals surface area contributed by atoms with Gasteiger partial charge in [0.15, 0.2) is 0 Å². The van der Waals surface area contributed by atoms with Crippen LogP contribution in [0.15, 0.2) is 66.2 Å². The molecule has 2 N–H and O–H groups in total. The number of hydrogen-bond donors (Lipinski definition) is 2. The Morgan fingerprint density at radius 3 is 2.73 bits per heavy atom. The molecule has 37 heavy (non-hydrogen) atoms. The monoisotopic (exact) mass is 509 g/mol. The van der Waals surface area contributed by atoms with Crippen molar-refractivity contribution in [1.82, 2.24) is 25.1 Å². The zero-order valence-electron chi connectivity index (χ0n) is 22.1. The lowest BCUT2D eigenvalue weighted by molar-refractivity contribution is 0.400. The van der Waals surface area contributed by atoms with E-state index < -0.39 is 0 Å². The first-order valence-corrected chi connectivity index (χ1v) is 13.4. The van der Waals surface area contributed by atoms with Gasteiger partial charge in [-0.05, 0) is 110 Å². The van der Waals surface area contributed by atoms with E-state index in [9.17, 15) is 0 Å². The van der Waals surface area contributed by atoms with Gasteiger partial charge in [-0.2, -0.15) is 16.4 Å². The minimum absolute atomic E-state index is 0.819. The Bertz CT molecular complexity index is 1530. The van der Waals surface area contributed by atoms with E-state index in [-0.39, 0.29) is 0 Å². The van der Waals surface area contributed by atoms with Gasteiger partial charge in [-0.3, -0.25) is 10.1 Å². The number of rotatable bonds is 10. The number of nitrogens with one attached hydrogen (secondary N) is 2. The van der Waals surface area contributed by atoms with Crippen molar-refractivity contribution in [3.63, 3.8) is 0 Å². The molecule has 0 radical (unpaired) electrons. The Balaban J connectivity index is 1.59. The quantitative estimate of drug-likeness (QED) is 0.275. The van der Waals surface area contributed by atoms with Crippen molar-refractivity contribution in [2.75, 3.05) is 20.6 Å². The topological polar surface area (TPSA) is 60.6 Å². The fraction of sp³-hybridized carbons (Fsp3) is 0.226. The van der Waals surface area contributed by atoms with Gasteiger partial charge in [-0.25, -0.2) is 0 Å². The maximum atomic E-state index is 4.59. The second kappa shape index (κ2) is 12.0. The third-order valence-electron chi connectivity index (χ3n) is 6.40. The van der Waals surface area contributed by atoms with Crippen LogP contribution in [0, 0.1) is 6.92 Å². The number of thiophene rings is 1. The number of H-pyrrole nitrogens is 2. The highest BCUT2D eigenvalue weighted by molar-refractivity contribution is 7.08. The predicted octanol–water partition coefficient (Wildman–Crippen LogP) is 5.58. The normalized spacial score (nSPS) is 13.1. The summed E-state index contributed by atoms with van der Waals surface area (Å²) in [5.74, 6) is 0. The highest BCUT2D eigenvalue weighted by atomic mass is 32.1. The van der Waals surface area contributed by atoms with Gasteiger partial charge in [0.05, 0.1) is 11.0 Å². The van der Waals surface area contributed by atoms with E-state index in [1.807, 2.05) is 24.5 Å². The third-order valence-corrected chi connectivity index (χ3v) is 7.08. The minimum Gasteiger partial charge on any atom is -0.357 e. The van der Waals surface area contributed by atoms with E-state index in [2.05, 4.69) is 107 Å². The van der Waals surface area contributed by atoms with Crippen LogP contribution >= 0.6 is 11.3 Å². The average Bonchev–Trinajstić information content (AvgIpc) is 3.62. The number of allylic oxidation sites excluding steroid dienone is 4. The second-order valence-corrected chi connectivity index (χ2v) is 10.3. The largest absolute Gasteiger partial charge is 0.357 e. The fourth-order valence-corrected chi connectivity index (χ4v) is 4.98. The minimum atomic E-state index is 0.819. The van der Waals surface area contributed by atoms with Crippen LogP contribution in [-0.2, 0) is 6.42 Å². The van der Waals surface area contributed by atoms with Crippen LogP contribution in [0.2, 0.25) is 0 Å². The summed E-state index contributed by atoms with van der Waals surface area (Å²) in [5.41, 5.74) is 9.83. The number of hydrogen-bond acceptors (Lipinski definition) is 4. The molecule has 0 amide bonds. The Labute approximate surface area is 223 Å². The molecule has 4 rings (SSSR count). The van der Waals surface area contributed by atoms with Crippen LogP contribution in [0.5, 0.6) is 0 Å². The van der Waals surface area contributed by atoms with Crippen molar-refractivity contribution in [1.29, 1.82) is 0 Å². The average molecular weight is 510 g/mol. The summed E-state index contributed by atoms with van der Waals surface area (Å²) in [4.78, 5) is 10.2. The Hall–Kier alpha value is -3.74. The Morgan fingerprint density at radius 2 is 2.00 bits per heavy atom. The van der Waals surface area contributed by atoms with Crippen LogP contribution < -0.4 is 10.6 Å². The number of aromatic amines is 2. The predicted molar refractivity (Wildman–Crippen MR) is 159 cm³/mol. The van der Waals surface area contributed by atoms with Crippen molar-refractivity contribution in [3.8, 4) is 11.4 Å². The van der Waals surface area contributed by atoms with Gasteiger partial charge < -0.3 is 9.88 Å². The molecule has 0 fully saturated rings. The van der Waals surface area contributed by atoms with Crippen LogP contribution in [0.3, 0.4) is 0 Å². The molecule has 4 heterocycles. The molecule has 0 aliphatic heterocycles. The molecule has 0 atom stereocenters. The van der Waals surface area contributed by atoms with Crippen molar-refractivity contribution < 1.29 is 0 Å². The van der Waals surface area contributed by atoms with Gasteiger partial charge in [-0.1, -0.05) is 31.4 Å². The van der Waals surface area contributed by atoms with Crippen molar-refractivity contribution in [2.24, 2.45) is 0 Å². The molecule has 0 unspecified atom stereocenters. The van der Waals surface area contributed by atoms with E-state index >= 15 is 0 Å². The molecule has 0 saturated heterocycles. The van der Waals surface area contributed by atoms with Crippen LogP contribution in [-0.4, -0.2) is 45.7 Å². The molecule has 0 saturated carbocycles. The summed E-state index contributed by atoms with van der Waals surface area (Å²) in [6.07, 6.45) is 14.0. The van der Waals surface area contributed by atoms with Gasteiger partial charge in [0, 0.05) is 28.9 Å². The van der Waals surface area contributed by atoms with E-state index in [1.165, 1.54) is 11.1 Å². The highest BCUT2D eigenvalue weighted by Crippen LogP contribution is 2.30. The number of nitrogens with zero attached hydrogens (tertiary/aromatic N) is 3. The summed E-state index contributed by atoms with van der Waals surface area (Å²) in [5, 5.41) is 13.7.